The quantitative estimate of drug-likeness (QED) is 0.392. The van der Waals surface area contributed by atoms with E-state index in [9.17, 15) is 26.3 Å². The number of hydrogen-bond acceptors (Lipinski definition) is 2. The van der Waals surface area contributed by atoms with Crippen LogP contribution in [0.4, 0.5) is 32.0 Å². The Morgan fingerprint density at radius 3 is 2.24 bits per heavy atom. The van der Waals surface area contributed by atoms with E-state index in [1.165, 1.54) is 25.1 Å². The number of thioether (sulfide) groups is 1. The summed E-state index contributed by atoms with van der Waals surface area (Å²) in [7, 11) is 0. The van der Waals surface area contributed by atoms with E-state index < -0.39 is 23.8 Å². The van der Waals surface area contributed by atoms with E-state index in [-0.39, 0.29) is 17.0 Å². The lowest BCUT2D eigenvalue weighted by molar-refractivity contribution is -0.105. The Morgan fingerprint density at radius 1 is 1.14 bits per heavy atom. The number of halogens is 6. The third kappa shape index (κ3) is 5.99. The molecule has 1 aromatic rings. The van der Waals surface area contributed by atoms with Gasteiger partial charge in [-0.25, -0.2) is 4.99 Å². The van der Waals surface area contributed by atoms with Crippen LogP contribution in [0.1, 0.15) is 18.9 Å². The summed E-state index contributed by atoms with van der Waals surface area (Å²) in [5.74, 6) is -1.10. The largest absolute Gasteiger partial charge is 0.429 e. The second-order valence-electron chi connectivity index (χ2n) is 4.26. The minimum Gasteiger partial charge on any atom is -0.248 e. The number of aliphatic imine (C=N–C) groups is 1. The minimum atomic E-state index is -4.54. The third-order valence-electron chi connectivity index (χ3n) is 2.49. The summed E-state index contributed by atoms with van der Waals surface area (Å²) in [5.41, 5.74) is -0.397. The van der Waals surface area contributed by atoms with Crippen molar-refractivity contribution in [1.29, 1.82) is 0 Å². The molecule has 0 saturated carbocycles. The van der Waals surface area contributed by atoms with Crippen molar-refractivity contribution in [3.8, 4) is 0 Å². The first-order valence-corrected chi connectivity index (χ1v) is 6.96. The Hall–Kier alpha value is -1.18. The maximum absolute atomic E-state index is 12.6. The summed E-state index contributed by atoms with van der Waals surface area (Å²) >= 11 is 0.535. The molecule has 0 aliphatic carbocycles. The van der Waals surface area contributed by atoms with Gasteiger partial charge in [-0.15, -0.1) is 11.8 Å². The number of rotatable bonds is 4. The maximum Gasteiger partial charge on any atom is 0.429 e. The molecule has 0 amide bonds. The molecule has 0 heterocycles. The van der Waals surface area contributed by atoms with E-state index in [2.05, 4.69) is 4.99 Å². The topological polar surface area (TPSA) is 12.4 Å². The van der Waals surface area contributed by atoms with Gasteiger partial charge in [0.05, 0.1) is 11.4 Å². The summed E-state index contributed by atoms with van der Waals surface area (Å²) in [6, 6.07) is 4.06. The average Bonchev–Trinajstić information content (AvgIpc) is 2.33. The van der Waals surface area contributed by atoms with Crippen LogP contribution in [0.5, 0.6) is 0 Å². The molecule has 0 bridgehead atoms. The predicted octanol–water partition coefficient (Wildman–Crippen LogP) is 5.69. The van der Waals surface area contributed by atoms with Crippen LogP contribution in [0, 0.1) is 6.92 Å². The molecule has 0 radical (unpaired) electrons. The standard InChI is InChI=1S/C13H13F6NS/c1-3-11(13(17,18)19)20-9-5-4-8(2)10(6-9)21-7-12(14,15)16/h4-6H,3,7H2,1-2H3. The van der Waals surface area contributed by atoms with E-state index in [1.807, 2.05) is 0 Å². The zero-order chi connectivity index (χ0) is 16.3. The summed E-state index contributed by atoms with van der Waals surface area (Å²) in [4.78, 5) is 3.76. The zero-order valence-corrected chi connectivity index (χ0v) is 12.1. The lowest BCUT2D eigenvalue weighted by atomic mass is 10.2. The summed E-state index contributed by atoms with van der Waals surface area (Å²) in [6.45, 7) is 2.91. The molecule has 1 nitrogen and oxygen atoms in total. The van der Waals surface area contributed by atoms with Crippen molar-refractivity contribution >= 4 is 23.2 Å². The first-order valence-electron chi connectivity index (χ1n) is 5.98. The van der Waals surface area contributed by atoms with Crippen LogP contribution in [0.3, 0.4) is 0 Å². The van der Waals surface area contributed by atoms with Crippen molar-refractivity contribution in [1.82, 2.24) is 0 Å². The third-order valence-corrected chi connectivity index (χ3v) is 3.71. The molecule has 0 aromatic heterocycles. The Kier molecular flexibility index (Phi) is 5.72. The van der Waals surface area contributed by atoms with Crippen molar-refractivity contribution in [2.45, 2.75) is 37.5 Å². The van der Waals surface area contributed by atoms with Crippen molar-refractivity contribution in [3.63, 3.8) is 0 Å². The van der Waals surface area contributed by atoms with Crippen LogP contribution >= 0.6 is 11.8 Å². The van der Waals surface area contributed by atoms with Crippen LogP contribution in [0.2, 0.25) is 0 Å². The Labute approximate surface area is 122 Å². The maximum atomic E-state index is 12.6. The van der Waals surface area contributed by atoms with E-state index in [0.717, 1.165) is 0 Å². The first-order chi connectivity index (χ1) is 9.53. The van der Waals surface area contributed by atoms with Gasteiger partial charge in [0.2, 0.25) is 0 Å². The molecule has 0 saturated heterocycles. The van der Waals surface area contributed by atoms with Gasteiger partial charge in [-0.3, -0.25) is 0 Å². The fourth-order valence-electron chi connectivity index (χ4n) is 1.47. The van der Waals surface area contributed by atoms with Crippen molar-refractivity contribution in [2.75, 3.05) is 5.75 Å². The van der Waals surface area contributed by atoms with Gasteiger partial charge in [0.25, 0.3) is 0 Å². The monoisotopic (exact) mass is 329 g/mol. The van der Waals surface area contributed by atoms with Gasteiger partial charge in [0, 0.05) is 4.90 Å². The van der Waals surface area contributed by atoms with Crippen molar-refractivity contribution < 1.29 is 26.3 Å². The van der Waals surface area contributed by atoms with E-state index in [0.29, 0.717) is 17.3 Å². The Balaban J connectivity index is 3.04. The molecular formula is C13H13F6NS. The SMILES string of the molecule is CCC(=Nc1ccc(C)c(SCC(F)(F)F)c1)C(F)(F)F. The molecule has 21 heavy (non-hydrogen) atoms. The molecule has 1 rings (SSSR count). The molecule has 0 N–H and O–H groups in total. The number of benzene rings is 1. The van der Waals surface area contributed by atoms with E-state index >= 15 is 0 Å². The van der Waals surface area contributed by atoms with Gasteiger partial charge < -0.3 is 0 Å². The molecule has 0 aliphatic heterocycles. The number of hydrogen-bond donors (Lipinski definition) is 0. The van der Waals surface area contributed by atoms with Gasteiger partial charge >= 0.3 is 12.4 Å². The highest BCUT2D eigenvalue weighted by atomic mass is 32.2. The molecule has 0 spiro atoms. The molecular weight excluding hydrogens is 316 g/mol. The van der Waals surface area contributed by atoms with Crippen LogP contribution in [0.15, 0.2) is 28.1 Å². The van der Waals surface area contributed by atoms with Gasteiger partial charge in [0.15, 0.2) is 0 Å². The molecule has 0 fully saturated rings. The summed E-state index contributed by atoms with van der Waals surface area (Å²) < 4.78 is 74.4. The van der Waals surface area contributed by atoms with Crippen LogP contribution in [-0.4, -0.2) is 23.8 Å². The summed E-state index contributed by atoms with van der Waals surface area (Å²) in [5, 5.41) is 0. The first kappa shape index (κ1) is 17.9. The van der Waals surface area contributed by atoms with Gasteiger partial charge in [-0.2, -0.15) is 26.3 Å². The smallest absolute Gasteiger partial charge is 0.248 e. The molecule has 1 aromatic carbocycles. The van der Waals surface area contributed by atoms with E-state index in [1.54, 1.807) is 6.92 Å². The second-order valence-corrected chi connectivity index (χ2v) is 5.28. The van der Waals surface area contributed by atoms with Crippen LogP contribution in [0.25, 0.3) is 0 Å². The Morgan fingerprint density at radius 2 is 1.76 bits per heavy atom. The molecule has 0 atom stereocenters. The average molecular weight is 329 g/mol. The van der Waals surface area contributed by atoms with Gasteiger partial charge in [-0.05, 0) is 31.0 Å². The van der Waals surface area contributed by atoms with Crippen molar-refractivity contribution in [3.05, 3.63) is 23.8 Å². The zero-order valence-electron chi connectivity index (χ0n) is 11.3. The molecule has 8 heteroatoms. The highest BCUT2D eigenvalue weighted by Crippen LogP contribution is 2.32. The number of alkyl halides is 6. The van der Waals surface area contributed by atoms with Crippen LogP contribution in [-0.2, 0) is 0 Å². The number of nitrogens with zero attached hydrogens (tertiary/aromatic N) is 1. The highest BCUT2D eigenvalue weighted by molar-refractivity contribution is 7.99. The fraction of sp³-hybridized carbons (Fsp3) is 0.462. The molecule has 118 valence electrons. The fourth-order valence-corrected chi connectivity index (χ4v) is 2.29. The van der Waals surface area contributed by atoms with Gasteiger partial charge in [0.1, 0.15) is 5.71 Å². The van der Waals surface area contributed by atoms with Gasteiger partial charge in [-0.1, -0.05) is 13.0 Å². The van der Waals surface area contributed by atoms with Crippen LogP contribution < -0.4 is 0 Å². The molecule has 0 unspecified atom stereocenters. The van der Waals surface area contributed by atoms with Crippen molar-refractivity contribution in [2.24, 2.45) is 4.99 Å². The Bertz CT molecular complexity index is 518. The lowest BCUT2D eigenvalue weighted by Crippen LogP contribution is -2.21. The number of aryl methyl sites for hydroxylation is 1. The lowest BCUT2D eigenvalue weighted by Gasteiger charge is -2.11. The predicted molar refractivity (Wildman–Crippen MR) is 71.4 cm³/mol. The van der Waals surface area contributed by atoms with E-state index in [4.69, 9.17) is 0 Å². The minimum absolute atomic E-state index is 0.000510. The second kappa shape index (κ2) is 6.72. The summed E-state index contributed by atoms with van der Waals surface area (Å²) in [6.07, 6.45) is -9.18. The normalized spacial score (nSPS) is 13.6. The molecule has 0 aliphatic rings. The highest BCUT2D eigenvalue weighted by Gasteiger charge is 2.34.